The van der Waals surface area contributed by atoms with Crippen molar-refractivity contribution in [3.8, 4) is 5.75 Å². The zero-order valence-electron chi connectivity index (χ0n) is 13.7. The molecule has 132 valence electrons. The minimum atomic E-state index is -0.214. The number of hydrogen-bond donors (Lipinski definition) is 0. The maximum atomic E-state index is 11.9. The van der Waals surface area contributed by atoms with Crippen LogP contribution in [-0.4, -0.2) is 32.1 Å². The maximum absolute atomic E-state index is 11.9. The number of carbonyl (C=O) groups excluding carboxylic acids is 1. The Hall–Kier alpha value is -1.73. The molecule has 0 amide bonds. The molecule has 2 atom stereocenters. The second-order valence-corrected chi connectivity index (χ2v) is 7.89. The molecule has 2 heterocycles. The highest BCUT2D eigenvalue weighted by atomic mass is 35.5. The van der Waals surface area contributed by atoms with E-state index in [1.807, 2.05) is 25.1 Å². The molecule has 6 nitrogen and oxygen atoms in total. The van der Waals surface area contributed by atoms with Gasteiger partial charge in [-0.15, -0.1) is 10.2 Å². The second kappa shape index (κ2) is 6.88. The molecule has 0 radical (unpaired) electrons. The lowest BCUT2D eigenvalue weighted by molar-refractivity contribution is -0.140. The summed E-state index contributed by atoms with van der Waals surface area (Å²) in [5.41, 5.74) is 0. The van der Waals surface area contributed by atoms with Crippen LogP contribution < -0.4 is 4.74 Å². The Labute approximate surface area is 154 Å². The number of para-hydroxylation sites is 1. The maximum Gasteiger partial charge on any atom is 0.319 e. The van der Waals surface area contributed by atoms with Gasteiger partial charge in [0, 0.05) is 12.5 Å². The summed E-state index contributed by atoms with van der Waals surface area (Å²) in [6, 6.07) is 7.74. The van der Waals surface area contributed by atoms with E-state index in [1.54, 1.807) is 6.07 Å². The molecular weight excluding hydrogens is 362 g/mol. The number of cyclic esters (lactones) is 1. The predicted molar refractivity (Wildman–Crippen MR) is 93.9 cm³/mol. The first kappa shape index (κ1) is 16.7. The minimum Gasteiger partial charge on any atom is -0.484 e. The molecule has 1 aliphatic carbocycles. The van der Waals surface area contributed by atoms with E-state index in [2.05, 4.69) is 14.8 Å². The van der Waals surface area contributed by atoms with Gasteiger partial charge in [-0.05, 0) is 31.9 Å². The number of aromatic nitrogens is 3. The molecule has 0 N–H and O–H groups in total. The van der Waals surface area contributed by atoms with Gasteiger partial charge in [-0.3, -0.25) is 9.36 Å². The fourth-order valence-electron chi connectivity index (χ4n) is 2.83. The summed E-state index contributed by atoms with van der Waals surface area (Å²) < 4.78 is 13.1. The largest absolute Gasteiger partial charge is 0.484 e. The van der Waals surface area contributed by atoms with Crippen LogP contribution in [0.2, 0.25) is 5.02 Å². The lowest BCUT2D eigenvalue weighted by Crippen LogP contribution is -2.12. The van der Waals surface area contributed by atoms with E-state index in [0.29, 0.717) is 29.8 Å². The average molecular weight is 380 g/mol. The zero-order valence-corrected chi connectivity index (χ0v) is 15.3. The van der Waals surface area contributed by atoms with E-state index < -0.39 is 0 Å². The molecule has 1 saturated carbocycles. The first-order chi connectivity index (χ1) is 12.1. The Bertz CT molecular complexity index is 793. The quantitative estimate of drug-likeness (QED) is 0.714. The third-order valence-electron chi connectivity index (χ3n) is 4.21. The van der Waals surface area contributed by atoms with Crippen molar-refractivity contribution < 1.29 is 14.3 Å². The SMILES string of the molecule is C[C@@H]1C[C@H](Sc2nnc(COc3ccccc3Cl)n2C2CC2)C(=O)O1. The number of ether oxygens (including phenoxy) is 2. The van der Waals surface area contributed by atoms with Gasteiger partial charge in [0.05, 0.1) is 5.02 Å². The monoisotopic (exact) mass is 379 g/mol. The Morgan fingerprint density at radius 2 is 2.16 bits per heavy atom. The minimum absolute atomic E-state index is 0.0367. The van der Waals surface area contributed by atoms with Crippen LogP contribution in [0.5, 0.6) is 5.75 Å². The van der Waals surface area contributed by atoms with E-state index in [1.165, 1.54) is 11.8 Å². The molecule has 2 aromatic rings. The highest BCUT2D eigenvalue weighted by Crippen LogP contribution is 2.41. The Kier molecular flexibility index (Phi) is 4.60. The standard InChI is InChI=1S/C17H18ClN3O3S/c1-10-8-14(16(22)24-10)25-17-20-19-15(21(17)11-6-7-11)9-23-13-5-3-2-4-12(13)18/h2-5,10-11,14H,6-9H2,1H3/t10-,14+/m1/s1. The van der Waals surface area contributed by atoms with Gasteiger partial charge in [-0.25, -0.2) is 0 Å². The van der Waals surface area contributed by atoms with E-state index in [-0.39, 0.29) is 17.3 Å². The highest BCUT2D eigenvalue weighted by Gasteiger charge is 2.36. The van der Waals surface area contributed by atoms with Crippen LogP contribution >= 0.6 is 23.4 Å². The number of rotatable bonds is 6. The molecule has 2 aliphatic rings. The number of esters is 1. The number of halogens is 1. The number of nitrogens with zero attached hydrogens (tertiary/aromatic N) is 3. The zero-order chi connectivity index (χ0) is 17.4. The lowest BCUT2D eigenvalue weighted by atomic mass is 10.3. The smallest absolute Gasteiger partial charge is 0.319 e. The molecule has 0 spiro atoms. The molecule has 4 rings (SSSR count). The van der Waals surface area contributed by atoms with E-state index >= 15 is 0 Å². The average Bonchev–Trinajstić information content (AvgIpc) is 3.27. The van der Waals surface area contributed by atoms with Gasteiger partial charge >= 0.3 is 5.97 Å². The van der Waals surface area contributed by atoms with Crippen LogP contribution in [0.1, 0.15) is 38.1 Å². The summed E-state index contributed by atoms with van der Waals surface area (Å²) >= 11 is 7.57. The normalized spacial score (nSPS) is 22.9. The van der Waals surface area contributed by atoms with Crippen molar-refractivity contribution in [1.82, 2.24) is 14.8 Å². The summed E-state index contributed by atoms with van der Waals surface area (Å²) in [4.78, 5) is 11.9. The van der Waals surface area contributed by atoms with Crippen molar-refractivity contribution in [2.45, 2.75) is 55.3 Å². The Morgan fingerprint density at radius 1 is 1.36 bits per heavy atom. The number of benzene rings is 1. The van der Waals surface area contributed by atoms with Crippen LogP contribution in [-0.2, 0) is 16.1 Å². The number of thioether (sulfide) groups is 1. The molecule has 8 heteroatoms. The summed E-state index contributed by atoms with van der Waals surface area (Å²) in [6.45, 7) is 2.20. The van der Waals surface area contributed by atoms with Gasteiger partial charge in [-0.1, -0.05) is 35.5 Å². The summed E-state index contributed by atoms with van der Waals surface area (Å²) in [6.07, 6.45) is 2.85. The van der Waals surface area contributed by atoms with Crippen LogP contribution in [0.3, 0.4) is 0 Å². The predicted octanol–water partition coefficient (Wildman–Crippen LogP) is 3.64. The fraction of sp³-hybridized carbons (Fsp3) is 0.471. The van der Waals surface area contributed by atoms with Gasteiger partial charge in [-0.2, -0.15) is 0 Å². The van der Waals surface area contributed by atoms with E-state index in [9.17, 15) is 4.79 Å². The van der Waals surface area contributed by atoms with Crippen molar-refractivity contribution in [2.75, 3.05) is 0 Å². The van der Waals surface area contributed by atoms with Crippen molar-refractivity contribution in [3.05, 3.63) is 35.1 Å². The van der Waals surface area contributed by atoms with Gasteiger partial charge in [0.2, 0.25) is 0 Å². The van der Waals surface area contributed by atoms with Crippen LogP contribution in [0.25, 0.3) is 0 Å². The lowest BCUT2D eigenvalue weighted by Gasteiger charge is -2.11. The van der Waals surface area contributed by atoms with Crippen molar-refractivity contribution in [1.29, 1.82) is 0 Å². The first-order valence-corrected chi connectivity index (χ1v) is 9.56. The van der Waals surface area contributed by atoms with Crippen molar-refractivity contribution >= 4 is 29.3 Å². The molecule has 0 bridgehead atoms. The molecule has 1 aliphatic heterocycles. The van der Waals surface area contributed by atoms with Gasteiger partial charge in [0.1, 0.15) is 23.7 Å². The molecule has 0 unspecified atom stereocenters. The number of hydrogen-bond acceptors (Lipinski definition) is 6. The summed E-state index contributed by atoms with van der Waals surface area (Å²) in [5, 5.41) is 9.68. The Morgan fingerprint density at radius 3 is 2.84 bits per heavy atom. The highest BCUT2D eigenvalue weighted by molar-refractivity contribution is 8.00. The van der Waals surface area contributed by atoms with Gasteiger partial charge < -0.3 is 9.47 Å². The molecule has 1 saturated heterocycles. The molecule has 1 aromatic heterocycles. The summed E-state index contributed by atoms with van der Waals surface area (Å²) in [7, 11) is 0. The molecule has 25 heavy (non-hydrogen) atoms. The van der Waals surface area contributed by atoms with E-state index in [0.717, 1.165) is 23.8 Å². The molecular formula is C17H18ClN3O3S. The topological polar surface area (TPSA) is 66.2 Å². The number of carbonyl (C=O) groups is 1. The van der Waals surface area contributed by atoms with Crippen LogP contribution in [0.4, 0.5) is 0 Å². The third-order valence-corrected chi connectivity index (χ3v) is 5.69. The fourth-order valence-corrected chi connectivity index (χ4v) is 4.25. The molecule has 2 fully saturated rings. The Balaban J connectivity index is 1.50. The first-order valence-electron chi connectivity index (χ1n) is 8.30. The second-order valence-electron chi connectivity index (χ2n) is 6.31. The molecule has 1 aromatic carbocycles. The van der Waals surface area contributed by atoms with Crippen molar-refractivity contribution in [3.63, 3.8) is 0 Å². The summed E-state index contributed by atoms with van der Waals surface area (Å²) in [5.74, 6) is 1.21. The van der Waals surface area contributed by atoms with E-state index in [4.69, 9.17) is 21.1 Å². The van der Waals surface area contributed by atoms with Crippen LogP contribution in [0, 0.1) is 0 Å². The van der Waals surface area contributed by atoms with Gasteiger partial charge in [0.25, 0.3) is 0 Å². The van der Waals surface area contributed by atoms with Crippen LogP contribution in [0.15, 0.2) is 29.4 Å². The third kappa shape index (κ3) is 3.62. The van der Waals surface area contributed by atoms with Crippen molar-refractivity contribution in [2.24, 2.45) is 0 Å². The van der Waals surface area contributed by atoms with Gasteiger partial charge in [0.15, 0.2) is 11.0 Å².